The van der Waals surface area contributed by atoms with E-state index in [4.69, 9.17) is 5.84 Å². The second-order valence-corrected chi connectivity index (χ2v) is 6.35. The highest BCUT2D eigenvalue weighted by Crippen LogP contribution is 2.29. The largest absolute Gasteiger partial charge is 0.350 e. The maximum Gasteiger partial charge on any atom is 0.311 e. The van der Waals surface area contributed by atoms with Gasteiger partial charge in [-0.25, -0.2) is 10.8 Å². The molecule has 0 spiro atoms. The number of nitrogens with two attached hydrogens (primary N) is 1. The number of nitrogens with one attached hydrogen (secondary N) is 1. The number of nitro groups is 1. The van der Waals surface area contributed by atoms with Gasteiger partial charge in [-0.05, 0) is 39.0 Å². The average Bonchev–Trinajstić information content (AvgIpc) is 2.83. The van der Waals surface area contributed by atoms with Gasteiger partial charge in [0.1, 0.15) is 5.82 Å². The number of hydrogen-bond donors (Lipinski definition) is 2. The van der Waals surface area contributed by atoms with Crippen LogP contribution in [0, 0.1) is 10.1 Å². The van der Waals surface area contributed by atoms with Crippen molar-refractivity contribution in [1.29, 1.82) is 0 Å². The molecular weight excluding hydrogens is 346 g/mol. The predicted octanol–water partition coefficient (Wildman–Crippen LogP) is 2.74. The molecule has 20 heavy (non-hydrogen) atoms. The Balaban J connectivity index is 2.31. The fourth-order valence-corrected chi connectivity index (χ4v) is 2.92. The third-order valence-corrected chi connectivity index (χ3v) is 4.16. The van der Waals surface area contributed by atoms with Gasteiger partial charge in [0.2, 0.25) is 5.82 Å². The predicted molar refractivity (Wildman–Crippen MR) is 82.8 cm³/mol. The van der Waals surface area contributed by atoms with E-state index in [1.165, 1.54) is 12.1 Å². The number of anilines is 2. The summed E-state index contributed by atoms with van der Waals surface area (Å²) in [5.41, 5.74) is 3.38. The van der Waals surface area contributed by atoms with Crippen molar-refractivity contribution in [3.8, 4) is 0 Å². The molecule has 2 aromatic rings. The molecule has 0 aliphatic heterocycles. The summed E-state index contributed by atoms with van der Waals surface area (Å²) in [7, 11) is 1.75. The molecule has 0 aromatic carbocycles. The van der Waals surface area contributed by atoms with Crippen molar-refractivity contribution in [2.24, 2.45) is 5.84 Å². The zero-order valence-corrected chi connectivity index (χ0v) is 12.9. The van der Waals surface area contributed by atoms with E-state index in [1.807, 2.05) is 11.4 Å². The Morgan fingerprint density at radius 2 is 2.35 bits per heavy atom. The molecule has 0 amide bonds. The van der Waals surface area contributed by atoms with Crippen molar-refractivity contribution < 1.29 is 4.92 Å². The average molecular weight is 358 g/mol. The van der Waals surface area contributed by atoms with Crippen LogP contribution in [0.4, 0.5) is 17.3 Å². The summed E-state index contributed by atoms with van der Waals surface area (Å²) >= 11 is 4.95. The molecule has 0 aliphatic carbocycles. The minimum absolute atomic E-state index is 0.0548. The molecular formula is C11H12BrN5O2S. The van der Waals surface area contributed by atoms with Gasteiger partial charge in [0.05, 0.1) is 8.71 Å². The highest BCUT2D eigenvalue weighted by atomic mass is 79.9. The summed E-state index contributed by atoms with van der Waals surface area (Å²) < 4.78 is 1.01. The molecule has 0 bridgehead atoms. The lowest BCUT2D eigenvalue weighted by atomic mass is 10.3. The smallest absolute Gasteiger partial charge is 0.311 e. The van der Waals surface area contributed by atoms with Crippen LogP contribution in [0.15, 0.2) is 27.4 Å². The van der Waals surface area contributed by atoms with Crippen molar-refractivity contribution in [2.75, 3.05) is 17.4 Å². The lowest BCUT2D eigenvalue weighted by Crippen LogP contribution is -2.20. The molecule has 0 radical (unpaired) electrons. The van der Waals surface area contributed by atoms with Crippen LogP contribution >= 0.6 is 27.3 Å². The number of hydrazine groups is 1. The molecule has 3 N–H and O–H groups in total. The molecule has 9 heteroatoms. The Bertz CT molecular complexity index is 633. The van der Waals surface area contributed by atoms with Gasteiger partial charge < -0.3 is 10.3 Å². The third-order valence-electron chi connectivity index (χ3n) is 2.60. The number of thiophene rings is 1. The highest BCUT2D eigenvalue weighted by Gasteiger charge is 2.20. The van der Waals surface area contributed by atoms with Crippen molar-refractivity contribution in [2.45, 2.75) is 6.54 Å². The van der Waals surface area contributed by atoms with E-state index in [9.17, 15) is 10.1 Å². The first kappa shape index (κ1) is 14.7. The first-order valence-corrected chi connectivity index (χ1v) is 7.24. The van der Waals surface area contributed by atoms with E-state index in [0.717, 1.165) is 9.35 Å². The third kappa shape index (κ3) is 3.24. The van der Waals surface area contributed by atoms with E-state index in [-0.39, 0.29) is 11.5 Å². The lowest BCUT2D eigenvalue weighted by molar-refractivity contribution is -0.384. The second kappa shape index (κ2) is 6.16. The van der Waals surface area contributed by atoms with Gasteiger partial charge in [0.25, 0.3) is 0 Å². The van der Waals surface area contributed by atoms with Crippen LogP contribution in [0.3, 0.4) is 0 Å². The topological polar surface area (TPSA) is 97.3 Å². The number of pyridine rings is 1. The van der Waals surface area contributed by atoms with Crippen LogP contribution in [-0.4, -0.2) is 17.0 Å². The van der Waals surface area contributed by atoms with Gasteiger partial charge >= 0.3 is 5.69 Å². The van der Waals surface area contributed by atoms with Crippen molar-refractivity contribution in [3.05, 3.63) is 43.0 Å². The second-order valence-electron chi connectivity index (χ2n) is 4.06. The molecule has 106 valence electrons. The summed E-state index contributed by atoms with van der Waals surface area (Å²) in [6, 6.07) is 4.83. The minimum Gasteiger partial charge on any atom is -0.350 e. The van der Waals surface area contributed by atoms with Crippen LogP contribution in [0.25, 0.3) is 0 Å². The fraction of sp³-hybridized carbons (Fsp3) is 0.182. The number of hydrogen-bond acceptors (Lipinski definition) is 7. The quantitative estimate of drug-likeness (QED) is 0.485. The van der Waals surface area contributed by atoms with Gasteiger partial charge in [-0.3, -0.25) is 10.1 Å². The van der Waals surface area contributed by atoms with E-state index >= 15 is 0 Å². The van der Waals surface area contributed by atoms with Crippen molar-refractivity contribution in [1.82, 2.24) is 4.98 Å². The molecule has 0 aliphatic rings. The van der Waals surface area contributed by atoms with Crippen LogP contribution < -0.4 is 16.2 Å². The van der Waals surface area contributed by atoms with Gasteiger partial charge in [-0.2, -0.15) is 0 Å². The molecule has 0 atom stereocenters. The van der Waals surface area contributed by atoms with Crippen LogP contribution in [0.1, 0.15) is 5.56 Å². The zero-order chi connectivity index (χ0) is 14.7. The van der Waals surface area contributed by atoms with E-state index in [2.05, 4.69) is 26.3 Å². The Morgan fingerprint density at radius 1 is 1.60 bits per heavy atom. The summed E-state index contributed by atoms with van der Waals surface area (Å²) in [4.78, 5) is 16.5. The highest BCUT2D eigenvalue weighted by molar-refractivity contribution is 9.11. The van der Waals surface area contributed by atoms with Gasteiger partial charge in [0, 0.05) is 19.7 Å². The van der Waals surface area contributed by atoms with Gasteiger partial charge in [0.15, 0.2) is 0 Å². The lowest BCUT2D eigenvalue weighted by Gasteiger charge is -2.18. The van der Waals surface area contributed by atoms with E-state index in [1.54, 1.807) is 23.3 Å². The maximum absolute atomic E-state index is 11.1. The molecule has 0 fully saturated rings. The molecule has 2 rings (SSSR count). The summed E-state index contributed by atoms with van der Waals surface area (Å²) in [6.45, 7) is 0.518. The monoisotopic (exact) mass is 357 g/mol. The zero-order valence-electron chi connectivity index (χ0n) is 10.5. The molecule has 0 unspecified atom stereocenters. The summed E-state index contributed by atoms with van der Waals surface area (Å²) in [5, 5.41) is 13.0. The van der Waals surface area contributed by atoms with Gasteiger partial charge in [-0.15, -0.1) is 11.3 Å². The van der Waals surface area contributed by atoms with E-state index in [0.29, 0.717) is 12.4 Å². The minimum atomic E-state index is -0.456. The van der Waals surface area contributed by atoms with Crippen LogP contribution in [0.5, 0.6) is 0 Å². The van der Waals surface area contributed by atoms with Gasteiger partial charge in [-0.1, -0.05) is 0 Å². The number of nitrogens with zero attached hydrogens (tertiary/aromatic N) is 3. The normalized spacial score (nSPS) is 10.3. The summed E-state index contributed by atoms with van der Waals surface area (Å²) in [6.07, 6.45) is 0. The Morgan fingerprint density at radius 3 is 2.90 bits per heavy atom. The standard InChI is InChI=1S/C11H12BrN5O2S/c1-16(5-7-4-9(12)20-6-7)11-8(17(18)19)2-3-10(14-11)15-13/h2-4,6H,5,13H2,1H3,(H,14,15). The first-order chi connectivity index (χ1) is 9.51. The van der Waals surface area contributed by atoms with Crippen molar-refractivity contribution >= 4 is 44.6 Å². The van der Waals surface area contributed by atoms with Crippen molar-refractivity contribution in [3.63, 3.8) is 0 Å². The van der Waals surface area contributed by atoms with E-state index < -0.39 is 4.92 Å². The Labute approximate surface area is 127 Å². The molecule has 7 nitrogen and oxygen atoms in total. The number of halogens is 1. The molecule has 2 aromatic heterocycles. The Kier molecular flexibility index (Phi) is 4.53. The maximum atomic E-state index is 11.1. The first-order valence-electron chi connectivity index (χ1n) is 5.57. The molecule has 0 saturated heterocycles. The summed E-state index contributed by atoms with van der Waals surface area (Å²) in [5.74, 6) is 5.95. The Hall–Kier alpha value is -1.71. The molecule has 2 heterocycles. The SMILES string of the molecule is CN(Cc1csc(Br)c1)c1nc(NN)ccc1[N+](=O)[O-]. The van der Waals surface area contributed by atoms with Crippen LogP contribution in [-0.2, 0) is 6.54 Å². The fourth-order valence-electron chi connectivity index (χ4n) is 1.72. The van der Waals surface area contributed by atoms with Crippen LogP contribution in [0.2, 0.25) is 0 Å². The number of rotatable bonds is 5. The number of nitrogen functional groups attached to an aromatic ring is 1. The molecule has 0 saturated carbocycles. The number of aromatic nitrogens is 1.